The van der Waals surface area contributed by atoms with Gasteiger partial charge in [0.15, 0.2) is 0 Å². The molecule has 1 aliphatic heterocycles. The van der Waals surface area contributed by atoms with E-state index in [1.54, 1.807) is 32.2 Å². The van der Waals surface area contributed by atoms with Crippen LogP contribution in [0.1, 0.15) is 51.1 Å². The van der Waals surface area contributed by atoms with Crippen LogP contribution in [0.15, 0.2) is 35.5 Å². The summed E-state index contributed by atoms with van der Waals surface area (Å²) in [6.45, 7) is 3.79. The highest BCUT2D eigenvalue weighted by Crippen LogP contribution is 2.36. The van der Waals surface area contributed by atoms with Crippen LogP contribution in [0.5, 0.6) is 0 Å². The number of hydrogen-bond acceptors (Lipinski definition) is 5. The van der Waals surface area contributed by atoms with E-state index < -0.39 is 23.0 Å². The molecule has 8 heteroatoms. The maximum absolute atomic E-state index is 13.1. The third-order valence-corrected chi connectivity index (χ3v) is 5.58. The highest BCUT2D eigenvalue weighted by atomic mass is 16.6. The summed E-state index contributed by atoms with van der Waals surface area (Å²) in [6, 6.07) is 4.75. The van der Waals surface area contributed by atoms with Crippen LogP contribution in [-0.4, -0.2) is 35.0 Å². The number of nitrogens with one attached hydrogen (secondary N) is 1. The number of para-hydroxylation sites is 1. The molecule has 1 heterocycles. The zero-order valence-electron chi connectivity index (χ0n) is 16.3. The van der Waals surface area contributed by atoms with E-state index in [4.69, 9.17) is 4.74 Å². The normalized spacial score (nSPS) is 25.3. The standard InChI is InChI=1S/C20H25N3O5/c1-12-7-6-8-14(11-12)28-19(24)17-13(2)22(3)20(25)21-18(17)15-9-4-5-10-16(15)23(26)27/h4-5,9-10,12,14,18H,6-8,11H2,1-3H3,(H,21,25)/t12-,14+,18+/m1/s1. The first-order chi connectivity index (χ1) is 13.3. The van der Waals surface area contributed by atoms with Gasteiger partial charge in [0.25, 0.3) is 5.69 Å². The second-order valence-electron chi connectivity index (χ2n) is 7.56. The molecule has 2 aliphatic rings. The Hall–Kier alpha value is -2.90. The Labute approximate surface area is 163 Å². The molecule has 0 unspecified atom stereocenters. The van der Waals surface area contributed by atoms with E-state index in [-0.39, 0.29) is 22.9 Å². The van der Waals surface area contributed by atoms with Crippen LogP contribution < -0.4 is 5.32 Å². The molecule has 0 aromatic heterocycles. The van der Waals surface area contributed by atoms with Gasteiger partial charge in [-0.3, -0.25) is 10.1 Å². The summed E-state index contributed by atoms with van der Waals surface area (Å²) >= 11 is 0. The van der Waals surface area contributed by atoms with Gasteiger partial charge in [0, 0.05) is 18.8 Å². The van der Waals surface area contributed by atoms with Crippen molar-refractivity contribution in [1.29, 1.82) is 0 Å². The molecule has 8 nitrogen and oxygen atoms in total. The van der Waals surface area contributed by atoms with Crippen LogP contribution in [0.4, 0.5) is 10.5 Å². The minimum atomic E-state index is -0.932. The van der Waals surface area contributed by atoms with E-state index in [1.165, 1.54) is 11.0 Å². The Kier molecular flexibility index (Phi) is 5.67. The van der Waals surface area contributed by atoms with Crippen LogP contribution in [0.25, 0.3) is 0 Å². The Bertz CT molecular complexity index is 835. The molecule has 28 heavy (non-hydrogen) atoms. The Morgan fingerprint density at radius 2 is 2.04 bits per heavy atom. The second kappa shape index (κ2) is 8.00. The zero-order chi connectivity index (χ0) is 20.4. The van der Waals surface area contributed by atoms with Crippen molar-refractivity contribution in [3.63, 3.8) is 0 Å². The van der Waals surface area contributed by atoms with E-state index >= 15 is 0 Å². The summed E-state index contributed by atoms with van der Waals surface area (Å²) in [4.78, 5) is 37.7. The number of hydrogen-bond donors (Lipinski definition) is 1. The fraction of sp³-hybridized carbons (Fsp3) is 0.500. The number of nitro benzene ring substituents is 1. The smallest absolute Gasteiger partial charge is 0.338 e. The van der Waals surface area contributed by atoms with Gasteiger partial charge in [-0.15, -0.1) is 0 Å². The van der Waals surface area contributed by atoms with Gasteiger partial charge in [-0.05, 0) is 38.2 Å². The number of nitro groups is 1. The molecule has 150 valence electrons. The van der Waals surface area contributed by atoms with E-state index in [0.29, 0.717) is 11.6 Å². The minimum Gasteiger partial charge on any atom is -0.459 e. The molecule has 2 amide bonds. The Morgan fingerprint density at radius 1 is 1.32 bits per heavy atom. The van der Waals surface area contributed by atoms with Gasteiger partial charge < -0.3 is 15.0 Å². The number of rotatable bonds is 4. The molecule has 1 N–H and O–H groups in total. The van der Waals surface area contributed by atoms with Crippen LogP contribution >= 0.6 is 0 Å². The van der Waals surface area contributed by atoms with Gasteiger partial charge in [0.05, 0.1) is 22.1 Å². The molecular formula is C20H25N3O5. The fourth-order valence-electron chi connectivity index (χ4n) is 3.93. The molecule has 0 bridgehead atoms. The average molecular weight is 387 g/mol. The van der Waals surface area contributed by atoms with Crippen molar-refractivity contribution >= 4 is 17.7 Å². The Balaban J connectivity index is 1.98. The van der Waals surface area contributed by atoms with Crippen molar-refractivity contribution in [2.75, 3.05) is 7.05 Å². The molecule has 1 aromatic rings. The lowest BCUT2D eigenvalue weighted by molar-refractivity contribution is -0.385. The van der Waals surface area contributed by atoms with Gasteiger partial charge in [-0.2, -0.15) is 0 Å². The molecule has 1 aliphatic carbocycles. The molecule has 3 atom stereocenters. The summed E-state index contributed by atoms with van der Waals surface area (Å²) in [6.07, 6.45) is 3.55. The summed E-state index contributed by atoms with van der Waals surface area (Å²) in [5.74, 6) is -0.0482. The first-order valence-corrected chi connectivity index (χ1v) is 9.48. The maximum atomic E-state index is 13.1. The number of carbonyl (C=O) groups is 2. The van der Waals surface area contributed by atoms with E-state index in [9.17, 15) is 19.7 Å². The van der Waals surface area contributed by atoms with Gasteiger partial charge in [-0.25, -0.2) is 9.59 Å². The lowest BCUT2D eigenvalue weighted by Gasteiger charge is -2.34. The molecular weight excluding hydrogens is 362 g/mol. The number of carbonyl (C=O) groups excluding carboxylic acids is 2. The SMILES string of the molecule is CC1=C(C(=O)O[C@H]2CCC[C@@H](C)C2)[C@H](c2ccccc2[N+](=O)[O-])NC(=O)N1C. The number of ether oxygens (including phenoxy) is 1. The average Bonchev–Trinajstić information content (AvgIpc) is 2.65. The minimum absolute atomic E-state index is 0.151. The van der Waals surface area contributed by atoms with Crippen molar-refractivity contribution < 1.29 is 19.2 Å². The van der Waals surface area contributed by atoms with Crippen molar-refractivity contribution in [3.05, 3.63) is 51.2 Å². The van der Waals surface area contributed by atoms with Crippen LogP contribution in [-0.2, 0) is 9.53 Å². The fourth-order valence-corrected chi connectivity index (χ4v) is 3.93. The summed E-state index contributed by atoms with van der Waals surface area (Å²) in [7, 11) is 1.55. The number of urea groups is 1. The number of nitrogens with zero attached hydrogens (tertiary/aromatic N) is 2. The lowest BCUT2D eigenvalue weighted by atomic mass is 9.88. The maximum Gasteiger partial charge on any atom is 0.338 e. The van der Waals surface area contributed by atoms with Gasteiger partial charge in [0.2, 0.25) is 0 Å². The third-order valence-electron chi connectivity index (χ3n) is 5.58. The first-order valence-electron chi connectivity index (χ1n) is 9.48. The quantitative estimate of drug-likeness (QED) is 0.482. The van der Waals surface area contributed by atoms with Gasteiger partial charge in [-0.1, -0.05) is 25.5 Å². The van der Waals surface area contributed by atoms with E-state index in [2.05, 4.69) is 12.2 Å². The number of benzene rings is 1. The van der Waals surface area contributed by atoms with Gasteiger partial charge in [0.1, 0.15) is 6.10 Å². The monoisotopic (exact) mass is 387 g/mol. The summed E-state index contributed by atoms with van der Waals surface area (Å²) < 4.78 is 5.76. The molecule has 0 spiro atoms. The molecule has 3 rings (SSSR count). The van der Waals surface area contributed by atoms with E-state index in [0.717, 1.165) is 25.7 Å². The molecule has 1 aromatic carbocycles. The van der Waals surface area contributed by atoms with Crippen LogP contribution in [0.2, 0.25) is 0 Å². The molecule has 1 fully saturated rings. The van der Waals surface area contributed by atoms with Crippen molar-refractivity contribution in [1.82, 2.24) is 10.2 Å². The molecule has 1 saturated carbocycles. The topological polar surface area (TPSA) is 102 Å². The largest absolute Gasteiger partial charge is 0.459 e. The number of amides is 2. The number of allylic oxidation sites excluding steroid dienone is 1. The summed E-state index contributed by atoms with van der Waals surface area (Å²) in [5.41, 5.74) is 0.773. The van der Waals surface area contributed by atoms with Gasteiger partial charge >= 0.3 is 12.0 Å². The van der Waals surface area contributed by atoms with Crippen molar-refractivity contribution in [3.8, 4) is 0 Å². The van der Waals surface area contributed by atoms with Crippen LogP contribution in [0.3, 0.4) is 0 Å². The lowest BCUT2D eigenvalue weighted by Crippen LogP contribution is -2.46. The van der Waals surface area contributed by atoms with E-state index in [1.807, 2.05) is 0 Å². The molecule has 0 saturated heterocycles. The first kappa shape index (κ1) is 19.9. The van der Waals surface area contributed by atoms with Crippen molar-refractivity contribution in [2.45, 2.75) is 51.7 Å². The van der Waals surface area contributed by atoms with Crippen LogP contribution in [0, 0.1) is 16.0 Å². The Morgan fingerprint density at radius 3 is 2.71 bits per heavy atom. The highest BCUT2D eigenvalue weighted by molar-refractivity contribution is 5.95. The predicted octanol–water partition coefficient (Wildman–Crippen LogP) is 3.69. The third kappa shape index (κ3) is 3.85. The predicted molar refractivity (Wildman–Crippen MR) is 102 cm³/mol. The zero-order valence-corrected chi connectivity index (χ0v) is 16.3. The number of esters is 1. The summed E-state index contributed by atoms with van der Waals surface area (Å²) in [5, 5.41) is 14.2. The van der Waals surface area contributed by atoms with Crippen molar-refractivity contribution in [2.24, 2.45) is 5.92 Å². The second-order valence-corrected chi connectivity index (χ2v) is 7.56. The molecule has 0 radical (unpaired) electrons. The highest BCUT2D eigenvalue weighted by Gasteiger charge is 2.39.